The number of ether oxygens (including phenoxy) is 1. The zero-order valence-electron chi connectivity index (χ0n) is 8.75. The van der Waals surface area contributed by atoms with Crippen molar-refractivity contribution in [2.24, 2.45) is 11.5 Å². The molecule has 0 radical (unpaired) electrons. The summed E-state index contributed by atoms with van der Waals surface area (Å²) < 4.78 is 42.8. The summed E-state index contributed by atoms with van der Waals surface area (Å²) in [5.74, 6) is -1.30. The highest BCUT2D eigenvalue weighted by molar-refractivity contribution is 5.93. The maximum atomic E-state index is 12.7. The van der Waals surface area contributed by atoms with Crippen molar-refractivity contribution >= 4 is 5.91 Å². The average molecular weight is 248 g/mol. The molecule has 0 aliphatic heterocycles. The quantitative estimate of drug-likeness (QED) is 0.838. The smallest absolute Gasteiger partial charge is 0.419 e. The van der Waals surface area contributed by atoms with E-state index in [1.807, 2.05) is 0 Å². The van der Waals surface area contributed by atoms with Gasteiger partial charge in [-0.2, -0.15) is 13.2 Å². The van der Waals surface area contributed by atoms with Crippen molar-refractivity contribution < 1.29 is 22.7 Å². The fraction of sp³-hybridized carbons (Fsp3) is 0.300. The van der Waals surface area contributed by atoms with Crippen molar-refractivity contribution in [3.05, 3.63) is 29.3 Å². The number of carbonyl (C=O) groups is 1. The first-order chi connectivity index (χ1) is 7.86. The van der Waals surface area contributed by atoms with Crippen molar-refractivity contribution in [2.75, 3.05) is 13.2 Å². The topological polar surface area (TPSA) is 78.3 Å². The summed E-state index contributed by atoms with van der Waals surface area (Å²) >= 11 is 0. The number of primary amides is 1. The highest BCUT2D eigenvalue weighted by Gasteiger charge is 2.35. The Kier molecular flexibility index (Phi) is 3.95. The fourth-order valence-electron chi connectivity index (χ4n) is 1.20. The summed E-state index contributed by atoms with van der Waals surface area (Å²) in [6, 6.07) is 2.89. The van der Waals surface area contributed by atoms with Gasteiger partial charge in [-0.3, -0.25) is 4.79 Å². The lowest BCUT2D eigenvalue weighted by molar-refractivity contribution is -0.138. The Labute approximate surface area is 95.3 Å². The minimum atomic E-state index is -4.62. The molecule has 0 bridgehead atoms. The van der Waals surface area contributed by atoms with Gasteiger partial charge in [-0.25, -0.2) is 0 Å². The molecular weight excluding hydrogens is 237 g/mol. The highest BCUT2D eigenvalue weighted by Crippen LogP contribution is 2.36. The van der Waals surface area contributed by atoms with Crippen LogP contribution in [0.3, 0.4) is 0 Å². The molecule has 4 N–H and O–H groups in total. The van der Waals surface area contributed by atoms with Gasteiger partial charge in [-0.1, -0.05) is 0 Å². The van der Waals surface area contributed by atoms with E-state index >= 15 is 0 Å². The molecule has 1 amide bonds. The number of rotatable bonds is 4. The third-order valence-corrected chi connectivity index (χ3v) is 1.94. The second kappa shape index (κ2) is 5.05. The third kappa shape index (κ3) is 3.35. The van der Waals surface area contributed by atoms with Gasteiger partial charge < -0.3 is 16.2 Å². The van der Waals surface area contributed by atoms with Gasteiger partial charge in [0.1, 0.15) is 12.4 Å². The molecule has 0 atom stereocenters. The van der Waals surface area contributed by atoms with Crippen molar-refractivity contribution in [3.63, 3.8) is 0 Å². The molecule has 4 nitrogen and oxygen atoms in total. The zero-order chi connectivity index (χ0) is 13.1. The lowest BCUT2D eigenvalue weighted by atomic mass is 10.1. The van der Waals surface area contributed by atoms with Crippen LogP contribution in [0.15, 0.2) is 18.2 Å². The van der Waals surface area contributed by atoms with Crippen LogP contribution >= 0.6 is 0 Å². The Balaban J connectivity index is 3.17. The van der Waals surface area contributed by atoms with E-state index in [-0.39, 0.29) is 24.5 Å². The van der Waals surface area contributed by atoms with Crippen molar-refractivity contribution in [3.8, 4) is 5.75 Å². The molecule has 0 aromatic heterocycles. The van der Waals surface area contributed by atoms with Crippen molar-refractivity contribution in [2.45, 2.75) is 6.18 Å². The van der Waals surface area contributed by atoms with Crippen LogP contribution < -0.4 is 16.2 Å². The Morgan fingerprint density at radius 3 is 2.47 bits per heavy atom. The molecule has 0 saturated heterocycles. The standard InChI is InChI=1S/C10H11F3N2O2/c11-10(12,13)7-5-6(9(15)16)1-2-8(7)17-4-3-14/h1-2,5H,3-4,14H2,(H2,15,16). The maximum Gasteiger partial charge on any atom is 0.419 e. The first-order valence-electron chi connectivity index (χ1n) is 4.70. The number of halogens is 3. The minimum absolute atomic E-state index is 0.0427. The predicted molar refractivity (Wildman–Crippen MR) is 54.5 cm³/mol. The monoisotopic (exact) mass is 248 g/mol. The van der Waals surface area contributed by atoms with Gasteiger partial charge >= 0.3 is 6.18 Å². The van der Waals surface area contributed by atoms with Crippen LogP contribution in [0.25, 0.3) is 0 Å². The molecule has 1 rings (SSSR count). The van der Waals surface area contributed by atoms with Crippen LogP contribution in [0.1, 0.15) is 15.9 Å². The molecule has 0 saturated carbocycles. The van der Waals surface area contributed by atoms with E-state index in [0.717, 1.165) is 6.07 Å². The largest absolute Gasteiger partial charge is 0.492 e. The van der Waals surface area contributed by atoms with E-state index in [0.29, 0.717) is 6.07 Å². The molecule has 0 fully saturated rings. The molecule has 94 valence electrons. The first kappa shape index (κ1) is 13.3. The second-order valence-electron chi connectivity index (χ2n) is 3.21. The van der Waals surface area contributed by atoms with Gasteiger partial charge in [0.05, 0.1) is 5.56 Å². The molecule has 7 heteroatoms. The van der Waals surface area contributed by atoms with Gasteiger partial charge in [0.2, 0.25) is 5.91 Å². The normalized spacial score (nSPS) is 11.3. The summed E-state index contributed by atoms with van der Waals surface area (Å²) in [6.07, 6.45) is -4.62. The Morgan fingerprint density at radius 2 is 2.00 bits per heavy atom. The SMILES string of the molecule is NCCOc1ccc(C(N)=O)cc1C(F)(F)F. The molecular formula is C10H11F3N2O2. The van der Waals surface area contributed by atoms with Crippen LogP contribution in [-0.4, -0.2) is 19.1 Å². The summed E-state index contributed by atoms with van der Waals surface area (Å²) in [5.41, 5.74) is 8.78. The van der Waals surface area contributed by atoms with Crippen molar-refractivity contribution in [1.29, 1.82) is 0 Å². The first-order valence-corrected chi connectivity index (χ1v) is 4.70. The van der Waals surface area contributed by atoms with E-state index in [2.05, 4.69) is 0 Å². The Bertz CT molecular complexity index is 419. The lowest BCUT2D eigenvalue weighted by Gasteiger charge is -2.14. The second-order valence-corrected chi connectivity index (χ2v) is 3.21. The van der Waals surface area contributed by atoms with Gasteiger partial charge in [-0.05, 0) is 18.2 Å². The predicted octanol–water partition coefficient (Wildman–Crippen LogP) is 1.14. The van der Waals surface area contributed by atoms with Gasteiger partial charge in [-0.15, -0.1) is 0 Å². The van der Waals surface area contributed by atoms with E-state index in [1.54, 1.807) is 0 Å². The molecule has 0 aliphatic carbocycles. The average Bonchev–Trinajstić information content (AvgIpc) is 2.24. The molecule has 0 spiro atoms. The van der Waals surface area contributed by atoms with Crippen LogP contribution in [-0.2, 0) is 6.18 Å². The zero-order valence-corrected chi connectivity index (χ0v) is 8.75. The number of amides is 1. The van der Waals surface area contributed by atoms with E-state index in [4.69, 9.17) is 16.2 Å². The van der Waals surface area contributed by atoms with Gasteiger partial charge in [0, 0.05) is 12.1 Å². The van der Waals surface area contributed by atoms with E-state index < -0.39 is 17.6 Å². The van der Waals surface area contributed by atoms with Crippen LogP contribution in [0, 0.1) is 0 Å². The summed E-state index contributed by atoms with van der Waals surface area (Å²) in [5, 5.41) is 0. The summed E-state index contributed by atoms with van der Waals surface area (Å²) in [4.78, 5) is 10.8. The Morgan fingerprint density at radius 1 is 1.35 bits per heavy atom. The number of carbonyl (C=O) groups excluding carboxylic acids is 1. The molecule has 0 heterocycles. The summed E-state index contributed by atoms with van der Waals surface area (Å²) in [7, 11) is 0. The van der Waals surface area contributed by atoms with Crippen LogP contribution in [0.5, 0.6) is 5.75 Å². The number of benzene rings is 1. The minimum Gasteiger partial charge on any atom is -0.492 e. The number of nitrogens with two attached hydrogens (primary N) is 2. The molecule has 1 aromatic carbocycles. The molecule has 0 unspecified atom stereocenters. The van der Waals surface area contributed by atoms with E-state index in [1.165, 1.54) is 6.07 Å². The summed E-state index contributed by atoms with van der Waals surface area (Å²) in [6.45, 7) is 0.0495. The fourth-order valence-corrected chi connectivity index (χ4v) is 1.20. The number of hydrogen-bond acceptors (Lipinski definition) is 3. The third-order valence-electron chi connectivity index (χ3n) is 1.94. The maximum absolute atomic E-state index is 12.7. The number of alkyl halides is 3. The van der Waals surface area contributed by atoms with Gasteiger partial charge in [0.15, 0.2) is 0 Å². The molecule has 17 heavy (non-hydrogen) atoms. The van der Waals surface area contributed by atoms with E-state index in [9.17, 15) is 18.0 Å². The highest BCUT2D eigenvalue weighted by atomic mass is 19.4. The van der Waals surface area contributed by atoms with Crippen molar-refractivity contribution in [1.82, 2.24) is 0 Å². The Hall–Kier alpha value is -1.76. The molecule has 1 aromatic rings. The number of hydrogen-bond donors (Lipinski definition) is 2. The lowest BCUT2D eigenvalue weighted by Crippen LogP contribution is -2.17. The van der Waals surface area contributed by atoms with Crippen LogP contribution in [0.4, 0.5) is 13.2 Å². The molecule has 0 aliphatic rings. The van der Waals surface area contributed by atoms with Gasteiger partial charge in [0.25, 0.3) is 0 Å². The van der Waals surface area contributed by atoms with Crippen LogP contribution in [0.2, 0.25) is 0 Å².